The van der Waals surface area contributed by atoms with E-state index in [0.717, 1.165) is 36.1 Å². The Morgan fingerprint density at radius 1 is 1.45 bits per heavy atom. The molecule has 1 N–H and O–H groups in total. The molecule has 0 saturated carbocycles. The van der Waals surface area contributed by atoms with E-state index in [1.54, 1.807) is 0 Å². The maximum atomic E-state index is 12.3. The Hall–Kier alpha value is -1.23. The lowest BCUT2D eigenvalue weighted by molar-refractivity contribution is 0.0235. The second-order valence-electron chi connectivity index (χ2n) is 6.76. The van der Waals surface area contributed by atoms with Crippen LogP contribution >= 0.6 is 15.9 Å². The van der Waals surface area contributed by atoms with Crippen LogP contribution in [-0.4, -0.2) is 35.7 Å². The molecule has 0 aromatic heterocycles. The molecule has 1 unspecified atom stereocenters. The van der Waals surface area contributed by atoms with E-state index < -0.39 is 5.60 Å². The lowest BCUT2D eigenvalue weighted by Crippen LogP contribution is -2.42. The number of hydrogen-bond acceptors (Lipinski definition) is 3. The highest BCUT2D eigenvalue weighted by Crippen LogP contribution is 2.25. The lowest BCUT2D eigenvalue weighted by atomic mass is 10.1. The van der Waals surface area contributed by atoms with Crippen LogP contribution < -0.4 is 5.32 Å². The average Bonchev–Trinajstić information content (AvgIpc) is 2.87. The summed E-state index contributed by atoms with van der Waals surface area (Å²) >= 11 is 3.54. The molecule has 0 aliphatic carbocycles. The van der Waals surface area contributed by atoms with Gasteiger partial charge in [-0.25, -0.2) is 4.79 Å². The molecule has 122 valence electrons. The monoisotopic (exact) mass is 368 g/mol. The van der Waals surface area contributed by atoms with Crippen molar-refractivity contribution in [1.29, 1.82) is 0 Å². The SMILES string of the molecule is Cc1c(Br)cccc1NCC1CCCN1C(=O)OC(C)(C)C. The fourth-order valence-corrected chi connectivity index (χ4v) is 3.00. The Morgan fingerprint density at radius 3 is 2.86 bits per heavy atom. The van der Waals surface area contributed by atoms with E-state index >= 15 is 0 Å². The normalized spacial score (nSPS) is 18.4. The van der Waals surface area contributed by atoms with Crippen molar-refractivity contribution in [2.24, 2.45) is 0 Å². The molecule has 1 aromatic rings. The van der Waals surface area contributed by atoms with Crippen LogP contribution in [0.15, 0.2) is 22.7 Å². The molecule has 1 aromatic carbocycles. The summed E-state index contributed by atoms with van der Waals surface area (Å²) in [5, 5.41) is 3.46. The number of carbonyl (C=O) groups excluding carboxylic acids is 1. The predicted molar refractivity (Wildman–Crippen MR) is 93.3 cm³/mol. The van der Waals surface area contributed by atoms with Gasteiger partial charge in [0, 0.05) is 23.2 Å². The first-order valence-electron chi connectivity index (χ1n) is 7.76. The summed E-state index contributed by atoms with van der Waals surface area (Å²) in [6, 6.07) is 6.29. The zero-order valence-electron chi connectivity index (χ0n) is 13.8. The molecule has 1 aliphatic rings. The van der Waals surface area contributed by atoms with Gasteiger partial charge in [0.2, 0.25) is 0 Å². The van der Waals surface area contributed by atoms with Crippen LogP contribution in [0, 0.1) is 6.92 Å². The van der Waals surface area contributed by atoms with E-state index in [2.05, 4.69) is 34.2 Å². The number of amides is 1. The first kappa shape index (κ1) is 17.1. The summed E-state index contributed by atoms with van der Waals surface area (Å²) in [5.74, 6) is 0. The molecule has 1 amide bonds. The molecule has 0 radical (unpaired) electrons. The standard InChI is InChI=1S/C17H25BrN2O2/c1-12-14(18)8-5-9-15(12)19-11-13-7-6-10-20(13)16(21)22-17(2,3)4/h5,8-9,13,19H,6-7,10-11H2,1-4H3. The highest BCUT2D eigenvalue weighted by molar-refractivity contribution is 9.10. The van der Waals surface area contributed by atoms with Crippen molar-refractivity contribution in [3.8, 4) is 0 Å². The fourth-order valence-electron chi connectivity index (χ4n) is 2.64. The minimum absolute atomic E-state index is 0.188. The summed E-state index contributed by atoms with van der Waals surface area (Å²) < 4.78 is 6.59. The molecule has 5 heteroatoms. The van der Waals surface area contributed by atoms with Crippen LogP contribution in [0.4, 0.5) is 10.5 Å². The molecule has 1 heterocycles. The number of anilines is 1. The van der Waals surface area contributed by atoms with Gasteiger partial charge in [-0.05, 0) is 58.2 Å². The molecule has 0 bridgehead atoms. The van der Waals surface area contributed by atoms with Crippen LogP contribution in [-0.2, 0) is 4.74 Å². The molecular weight excluding hydrogens is 344 g/mol. The van der Waals surface area contributed by atoms with Gasteiger partial charge in [0.15, 0.2) is 0 Å². The highest BCUT2D eigenvalue weighted by Gasteiger charge is 2.31. The van der Waals surface area contributed by atoms with Gasteiger partial charge in [0.05, 0.1) is 6.04 Å². The number of ether oxygens (including phenoxy) is 1. The molecule has 1 fully saturated rings. The van der Waals surface area contributed by atoms with E-state index in [0.29, 0.717) is 0 Å². The second kappa shape index (κ2) is 6.90. The number of nitrogens with one attached hydrogen (secondary N) is 1. The van der Waals surface area contributed by atoms with Crippen molar-refractivity contribution in [2.45, 2.75) is 52.2 Å². The van der Waals surface area contributed by atoms with Crippen LogP contribution in [0.2, 0.25) is 0 Å². The van der Waals surface area contributed by atoms with Crippen molar-refractivity contribution in [1.82, 2.24) is 4.90 Å². The van der Waals surface area contributed by atoms with Crippen molar-refractivity contribution in [3.05, 3.63) is 28.2 Å². The smallest absolute Gasteiger partial charge is 0.410 e. The number of hydrogen-bond donors (Lipinski definition) is 1. The number of halogens is 1. The van der Waals surface area contributed by atoms with E-state index in [1.807, 2.05) is 37.8 Å². The Kier molecular flexibility index (Phi) is 5.37. The summed E-state index contributed by atoms with van der Waals surface area (Å²) in [5.41, 5.74) is 1.84. The third kappa shape index (κ3) is 4.38. The number of rotatable bonds is 3. The van der Waals surface area contributed by atoms with E-state index in [1.165, 1.54) is 5.56 Å². The van der Waals surface area contributed by atoms with Gasteiger partial charge in [-0.1, -0.05) is 22.0 Å². The molecule has 22 heavy (non-hydrogen) atoms. The molecule has 0 spiro atoms. The Labute approximate surface area is 141 Å². The second-order valence-corrected chi connectivity index (χ2v) is 7.62. The largest absolute Gasteiger partial charge is 0.444 e. The van der Waals surface area contributed by atoms with Gasteiger partial charge in [0.25, 0.3) is 0 Å². The topological polar surface area (TPSA) is 41.6 Å². The third-order valence-electron chi connectivity index (χ3n) is 3.80. The molecule has 4 nitrogen and oxygen atoms in total. The maximum Gasteiger partial charge on any atom is 0.410 e. The van der Waals surface area contributed by atoms with Gasteiger partial charge in [-0.15, -0.1) is 0 Å². The summed E-state index contributed by atoms with van der Waals surface area (Å²) in [6.07, 6.45) is 1.84. The highest BCUT2D eigenvalue weighted by atomic mass is 79.9. The first-order chi connectivity index (χ1) is 10.3. The zero-order valence-corrected chi connectivity index (χ0v) is 15.4. The molecule has 1 saturated heterocycles. The maximum absolute atomic E-state index is 12.3. The van der Waals surface area contributed by atoms with Crippen molar-refractivity contribution >= 4 is 27.7 Å². The van der Waals surface area contributed by atoms with Gasteiger partial charge < -0.3 is 15.0 Å². The van der Waals surface area contributed by atoms with Gasteiger partial charge in [-0.3, -0.25) is 0 Å². The number of carbonyl (C=O) groups is 1. The quantitative estimate of drug-likeness (QED) is 0.849. The zero-order chi connectivity index (χ0) is 16.3. The fraction of sp³-hybridized carbons (Fsp3) is 0.588. The number of benzene rings is 1. The molecule has 2 rings (SSSR count). The van der Waals surface area contributed by atoms with Crippen LogP contribution in [0.3, 0.4) is 0 Å². The van der Waals surface area contributed by atoms with E-state index in [4.69, 9.17) is 4.74 Å². The Morgan fingerprint density at radius 2 is 2.18 bits per heavy atom. The van der Waals surface area contributed by atoms with Crippen molar-refractivity contribution in [2.75, 3.05) is 18.4 Å². The Balaban J connectivity index is 1.97. The summed E-state index contributed by atoms with van der Waals surface area (Å²) in [6.45, 7) is 9.30. The van der Waals surface area contributed by atoms with E-state index in [-0.39, 0.29) is 12.1 Å². The molecule has 1 aliphatic heterocycles. The van der Waals surface area contributed by atoms with Crippen molar-refractivity contribution in [3.63, 3.8) is 0 Å². The Bertz CT molecular complexity index is 540. The molecule has 1 atom stereocenters. The minimum Gasteiger partial charge on any atom is -0.444 e. The van der Waals surface area contributed by atoms with Crippen LogP contribution in [0.5, 0.6) is 0 Å². The van der Waals surface area contributed by atoms with Gasteiger partial charge >= 0.3 is 6.09 Å². The van der Waals surface area contributed by atoms with E-state index in [9.17, 15) is 4.79 Å². The van der Waals surface area contributed by atoms with Crippen LogP contribution in [0.1, 0.15) is 39.2 Å². The minimum atomic E-state index is -0.446. The van der Waals surface area contributed by atoms with Gasteiger partial charge in [0.1, 0.15) is 5.60 Å². The van der Waals surface area contributed by atoms with Gasteiger partial charge in [-0.2, -0.15) is 0 Å². The number of likely N-dealkylation sites (tertiary alicyclic amines) is 1. The van der Waals surface area contributed by atoms with Crippen molar-refractivity contribution < 1.29 is 9.53 Å². The average molecular weight is 369 g/mol. The van der Waals surface area contributed by atoms with Crippen LogP contribution in [0.25, 0.3) is 0 Å². The third-order valence-corrected chi connectivity index (χ3v) is 4.66. The summed E-state index contributed by atoms with van der Waals surface area (Å²) in [7, 11) is 0. The predicted octanol–water partition coefficient (Wildman–Crippen LogP) is 4.57. The first-order valence-corrected chi connectivity index (χ1v) is 8.56. The summed E-state index contributed by atoms with van der Waals surface area (Å²) in [4.78, 5) is 14.1. The lowest BCUT2D eigenvalue weighted by Gasteiger charge is -2.29. The molecular formula is C17H25BrN2O2. The number of nitrogens with zero attached hydrogens (tertiary/aromatic N) is 1.